The number of rotatable bonds is 9. The van der Waals surface area contributed by atoms with Gasteiger partial charge >= 0.3 is 0 Å². The van der Waals surface area contributed by atoms with Crippen molar-refractivity contribution in [2.45, 2.75) is 25.7 Å². The Morgan fingerprint density at radius 1 is 1.29 bits per heavy atom. The monoisotopic (exact) mass is 309 g/mol. The molecule has 0 aromatic heterocycles. The first-order valence-corrected chi connectivity index (χ1v) is 8.65. The Morgan fingerprint density at radius 3 is 3.00 bits per heavy atom. The van der Waals surface area contributed by atoms with E-state index in [0.717, 1.165) is 36.5 Å². The van der Waals surface area contributed by atoms with Gasteiger partial charge in [-0.25, -0.2) is 0 Å². The number of aliphatic hydroxyl groups is 1. The van der Waals surface area contributed by atoms with Gasteiger partial charge in [-0.1, -0.05) is 6.07 Å². The van der Waals surface area contributed by atoms with Gasteiger partial charge in [0.25, 0.3) is 5.91 Å². The van der Waals surface area contributed by atoms with E-state index in [4.69, 9.17) is 9.84 Å². The Labute approximate surface area is 130 Å². The van der Waals surface area contributed by atoms with E-state index < -0.39 is 0 Å². The van der Waals surface area contributed by atoms with Gasteiger partial charge in [0.2, 0.25) is 0 Å². The van der Waals surface area contributed by atoms with Crippen LogP contribution in [0.3, 0.4) is 0 Å². The van der Waals surface area contributed by atoms with E-state index in [1.807, 2.05) is 6.07 Å². The first kappa shape index (κ1) is 16.2. The molecule has 0 aliphatic heterocycles. The molecule has 0 unspecified atom stereocenters. The van der Waals surface area contributed by atoms with E-state index in [1.165, 1.54) is 17.5 Å². The van der Waals surface area contributed by atoms with E-state index >= 15 is 0 Å². The number of benzene rings is 1. The predicted molar refractivity (Wildman–Crippen MR) is 86.0 cm³/mol. The van der Waals surface area contributed by atoms with Crippen LogP contribution >= 0.6 is 11.8 Å². The fourth-order valence-electron chi connectivity index (χ4n) is 2.37. The molecule has 1 aliphatic carbocycles. The van der Waals surface area contributed by atoms with Gasteiger partial charge in [0.05, 0.1) is 0 Å². The number of thioether (sulfide) groups is 1. The number of fused-ring (bicyclic) bond motifs is 1. The van der Waals surface area contributed by atoms with Crippen molar-refractivity contribution in [2.24, 2.45) is 0 Å². The molecule has 2 N–H and O–H groups in total. The Morgan fingerprint density at radius 2 is 2.14 bits per heavy atom. The number of carbonyl (C=O) groups excluding carboxylic acids is 1. The summed E-state index contributed by atoms with van der Waals surface area (Å²) in [5.41, 5.74) is 2.76. The molecule has 0 fully saturated rings. The molecule has 0 saturated carbocycles. The van der Waals surface area contributed by atoms with E-state index in [2.05, 4.69) is 17.4 Å². The smallest absolute Gasteiger partial charge is 0.257 e. The van der Waals surface area contributed by atoms with E-state index in [1.54, 1.807) is 11.8 Å². The maximum absolute atomic E-state index is 11.7. The lowest BCUT2D eigenvalue weighted by Gasteiger charge is -2.09. The van der Waals surface area contributed by atoms with Gasteiger partial charge in [0, 0.05) is 18.9 Å². The van der Waals surface area contributed by atoms with E-state index in [0.29, 0.717) is 6.54 Å². The zero-order valence-electron chi connectivity index (χ0n) is 12.3. The number of hydrogen-bond acceptors (Lipinski definition) is 4. The fourth-order valence-corrected chi connectivity index (χ4v) is 3.15. The van der Waals surface area contributed by atoms with Crippen molar-refractivity contribution in [3.8, 4) is 5.75 Å². The van der Waals surface area contributed by atoms with Crippen LogP contribution in [-0.4, -0.2) is 42.3 Å². The van der Waals surface area contributed by atoms with Crippen LogP contribution in [0.4, 0.5) is 0 Å². The minimum Gasteiger partial charge on any atom is -0.484 e. The highest BCUT2D eigenvalue weighted by Gasteiger charge is 2.11. The lowest BCUT2D eigenvalue weighted by atomic mass is 10.1. The summed E-state index contributed by atoms with van der Waals surface area (Å²) in [7, 11) is 0. The number of ether oxygens (including phenoxy) is 1. The highest BCUT2D eigenvalue weighted by molar-refractivity contribution is 7.99. The van der Waals surface area contributed by atoms with Crippen molar-refractivity contribution >= 4 is 17.7 Å². The largest absolute Gasteiger partial charge is 0.484 e. The molecule has 0 heterocycles. The van der Waals surface area contributed by atoms with Crippen LogP contribution in [0, 0.1) is 0 Å². The average molecular weight is 309 g/mol. The van der Waals surface area contributed by atoms with Crippen molar-refractivity contribution in [1.82, 2.24) is 5.32 Å². The summed E-state index contributed by atoms with van der Waals surface area (Å²) >= 11 is 1.73. The van der Waals surface area contributed by atoms with Crippen LogP contribution in [-0.2, 0) is 17.6 Å². The van der Waals surface area contributed by atoms with Crippen LogP contribution in [0.15, 0.2) is 18.2 Å². The molecule has 0 bridgehead atoms. The van der Waals surface area contributed by atoms with Crippen molar-refractivity contribution in [2.75, 3.05) is 31.3 Å². The molecule has 116 valence electrons. The molecular formula is C16H23NO3S. The van der Waals surface area contributed by atoms with Crippen LogP contribution in [0.1, 0.15) is 24.0 Å². The summed E-state index contributed by atoms with van der Waals surface area (Å²) in [4.78, 5) is 11.7. The molecule has 0 radical (unpaired) electrons. The molecule has 1 amide bonds. The van der Waals surface area contributed by atoms with Gasteiger partial charge in [0.15, 0.2) is 6.61 Å². The molecule has 1 aromatic carbocycles. The number of aryl methyl sites for hydroxylation is 2. The Kier molecular flexibility index (Phi) is 6.89. The van der Waals surface area contributed by atoms with Crippen molar-refractivity contribution in [1.29, 1.82) is 0 Å². The first-order valence-electron chi connectivity index (χ1n) is 7.49. The van der Waals surface area contributed by atoms with Crippen molar-refractivity contribution in [3.05, 3.63) is 29.3 Å². The molecule has 0 spiro atoms. The second kappa shape index (κ2) is 8.95. The predicted octanol–water partition coefficient (Wildman–Crippen LogP) is 1.79. The zero-order valence-corrected chi connectivity index (χ0v) is 13.1. The molecule has 5 heteroatoms. The lowest BCUT2D eigenvalue weighted by Crippen LogP contribution is -2.30. The molecule has 1 aromatic rings. The highest BCUT2D eigenvalue weighted by atomic mass is 32.2. The minimum absolute atomic E-state index is 0.0695. The molecule has 0 atom stereocenters. The van der Waals surface area contributed by atoms with Crippen molar-refractivity contribution < 1.29 is 14.6 Å². The SMILES string of the molecule is O=C(COc1ccc2c(c1)CCC2)NCCSCCCO. The summed E-state index contributed by atoms with van der Waals surface area (Å²) < 4.78 is 5.54. The average Bonchev–Trinajstić information content (AvgIpc) is 2.96. The maximum Gasteiger partial charge on any atom is 0.257 e. The van der Waals surface area contributed by atoms with Gasteiger partial charge < -0.3 is 15.2 Å². The van der Waals surface area contributed by atoms with Crippen LogP contribution in [0.25, 0.3) is 0 Å². The summed E-state index contributed by atoms with van der Waals surface area (Å²) in [5.74, 6) is 2.49. The number of carbonyl (C=O) groups is 1. The van der Waals surface area contributed by atoms with Crippen molar-refractivity contribution in [3.63, 3.8) is 0 Å². The number of hydrogen-bond donors (Lipinski definition) is 2. The summed E-state index contributed by atoms with van der Waals surface area (Å²) in [6.45, 7) is 0.941. The maximum atomic E-state index is 11.7. The summed E-state index contributed by atoms with van der Waals surface area (Å²) in [6, 6.07) is 6.11. The zero-order chi connectivity index (χ0) is 14.9. The molecule has 21 heavy (non-hydrogen) atoms. The number of aliphatic hydroxyl groups excluding tert-OH is 1. The minimum atomic E-state index is -0.0849. The molecule has 2 rings (SSSR count). The third kappa shape index (κ3) is 5.59. The van der Waals surface area contributed by atoms with Gasteiger partial charge in [0.1, 0.15) is 5.75 Å². The van der Waals surface area contributed by atoms with Crippen LogP contribution in [0.5, 0.6) is 5.75 Å². The third-order valence-electron chi connectivity index (χ3n) is 3.46. The second-order valence-corrected chi connectivity index (χ2v) is 6.34. The summed E-state index contributed by atoms with van der Waals surface area (Å²) in [5, 5.41) is 11.5. The standard InChI is InChI=1S/C16H23NO3S/c18-8-2-9-21-10-7-17-16(19)12-20-15-6-5-13-3-1-4-14(13)11-15/h5-6,11,18H,1-4,7-10,12H2,(H,17,19). The topological polar surface area (TPSA) is 58.6 Å². The molecular weight excluding hydrogens is 286 g/mol. The van der Waals surface area contributed by atoms with E-state index in [-0.39, 0.29) is 19.1 Å². The Balaban J connectivity index is 1.60. The van der Waals surface area contributed by atoms with Gasteiger partial charge in [-0.2, -0.15) is 11.8 Å². The molecule has 4 nitrogen and oxygen atoms in total. The number of amides is 1. The second-order valence-electron chi connectivity index (χ2n) is 5.11. The molecule has 1 aliphatic rings. The van der Waals surface area contributed by atoms with Gasteiger partial charge in [-0.3, -0.25) is 4.79 Å². The Bertz CT molecular complexity index is 465. The van der Waals surface area contributed by atoms with E-state index in [9.17, 15) is 4.79 Å². The Hall–Kier alpha value is -1.20. The van der Waals surface area contributed by atoms with Crippen LogP contribution < -0.4 is 10.1 Å². The normalized spacial score (nSPS) is 13.0. The number of nitrogens with one attached hydrogen (secondary N) is 1. The first-order chi connectivity index (χ1) is 10.3. The lowest BCUT2D eigenvalue weighted by molar-refractivity contribution is -0.122. The quantitative estimate of drug-likeness (QED) is 0.683. The van der Waals surface area contributed by atoms with Gasteiger partial charge in [-0.05, 0) is 54.7 Å². The van der Waals surface area contributed by atoms with Gasteiger partial charge in [-0.15, -0.1) is 0 Å². The van der Waals surface area contributed by atoms with Crippen LogP contribution in [0.2, 0.25) is 0 Å². The molecule has 0 saturated heterocycles. The highest BCUT2D eigenvalue weighted by Crippen LogP contribution is 2.25. The fraction of sp³-hybridized carbons (Fsp3) is 0.562. The third-order valence-corrected chi connectivity index (χ3v) is 4.53. The summed E-state index contributed by atoms with van der Waals surface area (Å²) in [6.07, 6.45) is 4.29.